The molecule has 4 heteroatoms. The van der Waals surface area contributed by atoms with Crippen molar-refractivity contribution in [1.82, 2.24) is 0 Å². The summed E-state index contributed by atoms with van der Waals surface area (Å²) < 4.78 is 0. The summed E-state index contributed by atoms with van der Waals surface area (Å²) in [6, 6.07) is 9.66. The molecule has 1 aromatic carbocycles. The van der Waals surface area contributed by atoms with Gasteiger partial charge in [0, 0.05) is 6.42 Å². The molecule has 0 radical (unpaired) electrons. The van der Waals surface area contributed by atoms with Gasteiger partial charge in [-0.25, -0.2) is 0 Å². The number of aliphatic carboxylic acids is 2. The average molecular weight is 250 g/mol. The average Bonchev–Trinajstić information content (AvgIpc) is 2.34. The second kappa shape index (κ2) is 6.79. The van der Waals surface area contributed by atoms with Crippen LogP contribution in [0.15, 0.2) is 30.3 Å². The maximum absolute atomic E-state index is 11.1. The van der Waals surface area contributed by atoms with Crippen molar-refractivity contribution in [3.63, 3.8) is 0 Å². The van der Waals surface area contributed by atoms with Crippen LogP contribution < -0.4 is 0 Å². The molecular weight excluding hydrogens is 232 g/mol. The Hall–Kier alpha value is -1.84. The molecule has 2 N–H and O–H groups in total. The number of benzene rings is 1. The number of hydrogen-bond donors (Lipinski definition) is 2. The van der Waals surface area contributed by atoms with E-state index in [1.54, 1.807) is 0 Å². The Morgan fingerprint density at radius 1 is 1.17 bits per heavy atom. The predicted octanol–water partition coefficient (Wildman–Crippen LogP) is 2.75. The van der Waals surface area contributed by atoms with Gasteiger partial charge < -0.3 is 10.2 Å². The highest BCUT2D eigenvalue weighted by Gasteiger charge is 2.21. The molecule has 2 atom stereocenters. The summed E-state index contributed by atoms with van der Waals surface area (Å²) in [7, 11) is 0. The highest BCUT2D eigenvalue weighted by atomic mass is 16.4. The van der Waals surface area contributed by atoms with Gasteiger partial charge in [0.05, 0.1) is 5.92 Å². The number of carboxylic acids is 2. The van der Waals surface area contributed by atoms with Crippen LogP contribution in [0, 0.1) is 5.92 Å². The minimum atomic E-state index is -0.950. The van der Waals surface area contributed by atoms with Crippen molar-refractivity contribution in [2.75, 3.05) is 0 Å². The molecule has 0 bridgehead atoms. The quantitative estimate of drug-likeness (QED) is 0.780. The molecule has 0 spiro atoms. The number of rotatable bonds is 7. The first-order valence-electron chi connectivity index (χ1n) is 6.00. The number of hydrogen-bond acceptors (Lipinski definition) is 2. The van der Waals surface area contributed by atoms with Crippen molar-refractivity contribution in [1.29, 1.82) is 0 Å². The zero-order chi connectivity index (χ0) is 13.5. The van der Waals surface area contributed by atoms with Gasteiger partial charge in [-0.1, -0.05) is 37.3 Å². The largest absolute Gasteiger partial charge is 0.481 e. The second-order valence-electron chi connectivity index (χ2n) is 4.52. The third-order valence-corrected chi connectivity index (χ3v) is 3.06. The lowest BCUT2D eigenvalue weighted by molar-refractivity contribution is -0.143. The summed E-state index contributed by atoms with van der Waals surface area (Å²) in [6.45, 7) is 1.96. The van der Waals surface area contributed by atoms with Crippen LogP contribution in [0.5, 0.6) is 0 Å². The Balaban J connectivity index is 2.60. The zero-order valence-corrected chi connectivity index (χ0v) is 10.4. The Labute approximate surface area is 106 Å². The normalized spacial score (nSPS) is 13.8. The molecule has 98 valence electrons. The van der Waals surface area contributed by atoms with E-state index in [0.717, 1.165) is 5.56 Å². The molecular formula is C14H18O4. The number of carboxylic acid groups (broad SMARTS) is 2. The maximum Gasteiger partial charge on any atom is 0.306 e. The van der Waals surface area contributed by atoms with Crippen LogP contribution in [-0.4, -0.2) is 22.2 Å². The topological polar surface area (TPSA) is 74.6 Å². The molecule has 0 aliphatic carbocycles. The van der Waals surface area contributed by atoms with Crippen LogP contribution in [0.1, 0.15) is 37.7 Å². The van der Waals surface area contributed by atoms with Crippen molar-refractivity contribution >= 4 is 11.9 Å². The smallest absolute Gasteiger partial charge is 0.306 e. The summed E-state index contributed by atoms with van der Waals surface area (Å²) in [5, 5.41) is 17.7. The van der Waals surface area contributed by atoms with Gasteiger partial charge >= 0.3 is 11.9 Å². The van der Waals surface area contributed by atoms with Gasteiger partial charge in [-0.3, -0.25) is 9.59 Å². The maximum atomic E-state index is 11.1. The molecule has 0 saturated carbocycles. The van der Waals surface area contributed by atoms with E-state index in [-0.39, 0.29) is 18.8 Å². The zero-order valence-electron chi connectivity index (χ0n) is 10.4. The molecule has 0 heterocycles. The van der Waals surface area contributed by atoms with Crippen LogP contribution >= 0.6 is 0 Å². The summed E-state index contributed by atoms with van der Waals surface area (Å²) in [5.41, 5.74) is 1.08. The van der Waals surface area contributed by atoms with E-state index in [9.17, 15) is 9.59 Å². The van der Waals surface area contributed by atoms with Crippen molar-refractivity contribution in [3.05, 3.63) is 35.9 Å². The minimum Gasteiger partial charge on any atom is -0.481 e. The van der Waals surface area contributed by atoms with E-state index < -0.39 is 17.9 Å². The van der Waals surface area contributed by atoms with E-state index in [1.165, 1.54) is 0 Å². The fraction of sp³-hybridized carbons (Fsp3) is 0.429. The minimum absolute atomic E-state index is 0.0987. The van der Waals surface area contributed by atoms with Gasteiger partial charge in [-0.05, 0) is 24.3 Å². The van der Waals surface area contributed by atoms with Gasteiger partial charge in [0.15, 0.2) is 0 Å². The summed E-state index contributed by atoms with van der Waals surface area (Å²) in [4.78, 5) is 21.6. The Bertz CT molecular complexity index is 400. The standard InChI is InChI=1S/C14H18O4/c1-10(11-5-3-2-4-6-11)9-12(14(17)18)7-8-13(15)16/h2-6,10,12H,7-9H2,1H3,(H,15,16)(H,17,18). The first-order chi connectivity index (χ1) is 8.50. The van der Waals surface area contributed by atoms with Crippen LogP contribution in [0.2, 0.25) is 0 Å². The number of carbonyl (C=O) groups is 2. The van der Waals surface area contributed by atoms with Crippen molar-refractivity contribution in [2.24, 2.45) is 5.92 Å². The lowest BCUT2D eigenvalue weighted by atomic mass is 9.88. The van der Waals surface area contributed by atoms with Crippen molar-refractivity contribution in [3.8, 4) is 0 Å². The fourth-order valence-corrected chi connectivity index (χ4v) is 1.98. The van der Waals surface area contributed by atoms with E-state index in [1.807, 2.05) is 37.3 Å². The summed E-state index contributed by atoms with van der Waals surface area (Å²) >= 11 is 0. The first-order valence-corrected chi connectivity index (χ1v) is 6.00. The van der Waals surface area contributed by atoms with Gasteiger partial charge in [-0.2, -0.15) is 0 Å². The fourth-order valence-electron chi connectivity index (χ4n) is 1.98. The lowest BCUT2D eigenvalue weighted by Gasteiger charge is -2.17. The van der Waals surface area contributed by atoms with Gasteiger partial charge in [0.2, 0.25) is 0 Å². The highest BCUT2D eigenvalue weighted by Crippen LogP contribution is 2.25. The molecule has 18 heavy (non-hydrogen) atoms. The van der Waals surface area contributed by atoms with Gasteiger partial charge in [-0.15, -0.1) is 0 Å². The molecule has 0 saturated heterocycles. The summed E-state index contributed by atoms with van der Waals surface area (Å²) in [6.07, 6.45) is 0.549. The molecule has 0 aliphatic heterocycles. The third-order valence-electron chi connectivity index (χ3n) is 3.06. The Morgan fingerprint density at radius 2 is 1.78 bits per heavy atom. The monoisotopic (exact) mass is 250 g/mol. The molecule has 4 nitrogen and oxygen atoms in total. The summed E-state index contributed by atoms with van der Waals surface area (Å²) in [5.74, 6) is -2.36. The molecule has 0 aliphatic rings. The van der Waals surface area contributed by atoms with Gasteiger partial charge in [0.25, 0.3) is 0 Å². The first kappa shape index (κ1) is 14.2. The Kier molecular flexibility index (Phi) is 5.36. The molecule has 1 rings (SSSR count). The van der Waals surface area contributed by atoms with E-state index >= 15 is 0 Å². The van der Waals surface area contributed by atoms with E-state index in [0.29, 0.717) is 6.42 Å². The molecule has 0 amide bonds. The van der Waals surface area contributed by atoms with E-state index in [2.05, 4.69) is 0 Å². The van der Waals surface area contributed by atoms with Crippen LogP contribution in [0.3, 0.4) is 0 Å². The molecule has 0 aromatic heterocycles. The predicted molar refractivity (Wildman–Crippen MR) is 67.5 cm³/mol. The third kappa shape index (κ3) is 4.57. The molecule has 0 fully saturated rings. The van der Waals surface area contributed by atoms with Crippen LogP contribution in [0.25, 0.3) is 0 Å². The highest BCUT2D eigenvalue weighted by molar-refractivity contribution is 5.72. The van der Waals surface area contributed by atoms with Crippen molar-refractivity contribution in [2.45, 2.75) is 32.1 Å². The van der Waals surface area contributed by atoms with Gasteiger partial charge in [0.1, 0.15) is 0 Å². The Morgan fingerprint density at radius 3 is 2.28 bits per heavy atom. The second-order valence-corrected chi connectivity index (χ2v) is 4.52. The molecule has 1 aromatic rings. The van der Waals surface area contributed by atoms with Crippen molar-refractivity contribution < 1.29 is 19.8 Å². The lowest BCUT2D eigenvalue weighted by Crippen LogP contribution is -2.17. The van der Waals surface area contributed by atoms with Crippen LogP contribution in [-0.2, 0) is 9.59 Å². The SMILES string of the molecule is CC(CC(CCC(=O)O)C(=O)O)c1ccccc1. The molecule has 2 unspecified atom stereocenters. The van der Waals surface area contributed by atoms with E-state index in [4.69, 9.17) is 10.2 Å². The van der Waals surface area contributed by atoms with Crippen LogP contribution in [0.4, 0.5) is 0 Å².